The van der Waals surface area contributed by atoms with E-state index in [0.717, 1.165) is 38.8 Å². The zero-order valence-corrected chi connectivity index (χ0v) is 16.5. The summed E-state index contributed by atoms with van der Waals surface area (Å²) in [5, 5.41) is 16.5. The van der Waals surface area contributed by atoms with Crippen LogP contribution >= 0.6 is 0 Å². The number of piperazine rings is 1. The fourth-order valence-electron chi connectivity index (χ4n) is 4.48. The maximum atomic E-state index is 12.2. The summed E-state index contributed by atoms with van der Waals surface area (Å²) in [6, 6.07) is 0.0179. The number of likely N-dealkylation sites (tertiary alicyclic amines) is 1. The lowest BCUT2D eigenvalue weighted by molar-refractivity contribution is -0.139. The summed E-state index contributed by atoms with van der Waals surface area (Å²) in [4.78, 5) is 30.7. The predicted molar refractivity (Wildman–Crippen MR) is 103 cm³/mol. The molecule has 3 heterocycles. The number of piperidine rings is 1. The molecule has 158 valence electrons. The number of carboxylic acid groups (broad SMARTS) is 1. The Morgan fingerprint density at radius 1 is 1.18 bits per heavy atom. The predicted octanol–water partition coefficient (Wildman–Crippen LogP) is -0.149. The smallest absolute Gasteiger partial charge is 0.411 e. The molecule has 3 saturated heterocycles. The second-order valence-electron chi connectivity index (χ2n) is 8.05. The van der Waals surface area contributed by atoms with E-state index < -0.39 is 5.97 Å². The number of guanidine groups is 1. The molecule has 0 aromatic heterocycles. The molecule has 28 heavy (non-hydrogen) atoms. The lowest BCUT2D eigenvalue weighted by Gasteiger charge is -2.38. The van der Waals surface area contributed by atoms with Gasteiger partial charge in [0.25, 0.3) is 0 Å². The van der Waals surface area contributed by atoms with Crippen LogP contribution in [-0.2, 0) is 9.53 Å². The van der Waals surface area contributed by atoms with Crippen LogP contribution in [0.3, 0.4) is 0 Å². The number of likely N-dealkylation sites (N-methyl/N-ethyl adjacent to an activating group) is 1. The number of carbonyl (C=O) groups is 2. The number of cyclic esters (lactones) is 1. The van der Waals surface area contributed by atoms with Gasteiger partial charge < -0.3 is 25.4 Å². The highest BCUT2D eigenvalue weighted by Crippen LogP contribution is 2.29. The number of carboxylic acids is 1. The number of rotatable bonds is 6. The minimum absolute atomic E-state index is 0.0179. The summed E-state index contributed by atoms with van der Waals surface area (Å²) in [5.41, 5.74) is 5.56. The number of carbonyl (C=O) groups excluding carboxylic acids is 1. The van der Waals surface area contributed by atoms with Crippen molar-refractivity contribution in [2.75, 3.05) is 52.9 Å². The van der Waals surface area contributed by atoms with Gasteiger partial charge in [-0.25, -0.2) is 4.79 Å². The Morgan fingerprint density at radius 2 is 1.82 bits per heavy atom. The number of nitrogens with one attached hydrogen (secondary N) is 1. The molecule has 2 atom stereocenters. The van der Waals surface area contributed by atoms with E-state index in [4.69, 9.17) is 21.0 Å². The third kappa shape index (κ3) is 4.85. The molecule has 2 unspecified atom stereocenters. The molecule has 10 nitrogen and oxygen atoms in total. The second kappa shape index (κ2) is 8.95. The largest absolute Gasteiger partial charge is 0.480 e. The third-order valence-electron chi connectivity index (χ3n) is 6.29. The van der Waals surface area contributed by atoms with Crippen molar-refractivity contribution in [3.63, 3.8) is 0 Å². The molecular weight excluding hydrogens is 364 g/mol. The molecular formula is C18H32N6O4. The topological polar surface area (TPSA) is 126 Å². The van der Waals surface area contributed by atoms with Gasteiger partial charge in [-0.15, -0.1) is 0 Å². The number of nitrogens with zero attached hydrogens (tertiary/aromatic N) is 4. The molecule has 0 saturated carbocycles. The van der Waals surface area contributed by atoms with E-state index in [1.54, 1.807) is 11.9 Å². The van der Waals surface area contributed by atoms with Gasteiger partial charge in [0.1, 0.15) is 0 Å². The molecule has 3 aliphatic rings. The quantitative estimate of drug-likeness (QED) is 0.418. The maximum absolute atomic E-state index is 12.2. The molecule has 4 N–H and O–H groups in total. The zero-order valence-electron chi connectivity index (χ0n) is 16.5. The highest BCUT2D eigenvalue weighted by molar-refractivity contribution is 5.74. The molecule has 1 amide bonds. The Labute approximate surface area is 165 Å². The van der Waals surface area contributed by atoms with Crippen LogP contribution in [0.15, 0.2) is 0 Å². The first-order valence-corrected chi connectivity index (χ1v) is 10.1. The normalized spacial score (nSPS) is 27.8. The maximum Gasteiger partial charge on any atom is 0.411 e. The van der Waals surface area contributed by atoms with Crippen molar-refractivity contribution in [3.8, 4) is 0 Å². The number of amides is 1. The number of nitrogens with two attached hydrogens (primary N) is 1. The van der Waals surface area contributed by atoms with Gasteiger partial charge in [0.15, 0.2) is 12.2 Å². The summed E-state index contributed by atoms with van der Waals surface area (Å²) in [7, 11) is 1.80. The van der Waals surface area contributed by atoms with Crippen molar-refractivity contribution < 1.29 is 19.4 Å². The molecule has 0 radical (unpaired) electrons. The first-order chi connectivity index (χ1) is 13.3. The fraction of sp³-hybridized carbons (Fsp3) is 0.833. The van der Waals surface area contributed by atoms with E-state index >= 15 is 0 Å². The number of ether oxygens (including phenoxy) is 1. The average Bonchev–Trinajstić information content (AvgIpc) is 2.95. The van der Waals surface area contributed by atoms with Crippen molar-refractivity contribution in [1.82, 2.24) is 19.6 Å². The van der Waals surface area contributed by atoms with E-state index in [2.05, 4.69) is 4.90 Å². The van der Waals surface area contributed by atoms with Gasteiger partial charge in [-0.1, -0.05) is 0 Å². The van der Waals surface area contributed by atoms with Crippen molar-refractivity contribution in [2.24, 2.45) is 11.7 Å². The molecule has 0 spiro atoms. The summed E-state index contributed by atoms with van der Waals surface area (Å²) in [6.45, 7) is 4.44. The van der Waals surface area contributed by atoms with E-state index in [9.17, 15) is 9.59 Å². The van der Waals surface area contributed by atoms with Crippen LogP contribution in [0.1, 0.15) is 25.7 Å². The van der Waals surface area contributed by atoms with Crippen LogP contribution in [0.4, 0.5) is 4.79 Å². The molecule has 0 aromatic carbocycles. The molecule has 3 aliphatic heterocycles. The van der Waals surface area contributed by atoms with E-state index in [1.807, 2.05) is 9.80 Å². The van der Waals surface area contributed by atoms with E-state index in [-0.39, 0.29) is 30.9 Å². The fourth-order valence-corrected chi connectivity index (χ4v) is 4.48. The van der Waals surface area contributed by atoms with Gasteiger partial charge in [0.05, 0.1) is 12.6 Å². The van der Waals surface area contributed by atoms with Crippen LogP contribution in [0.5, 0.6) is 0 Å². The van der Waals surface area contributed by atoms with E-state index in [0.29, 0.717) is 32.1 Å². The molecule has 10 heteroatoms. The van der Waals surface area contributed by atoms with Crippen LogP contribution < -0.4 is 5.73 Å². The first kappa shape index (κ1) is 20.7. The van der Waals surface area contributed by atoms with Crippen molar-refractivity contribution in [1.29, 1.82) is 5.41 Å². The van der Waals surface area contributed by atoms with Crippen LogP contribution in [0.2, 0.25) is 0 Å². The number of hydrogen-bond donors (Lipinski definition) is 3. The molecule has 3 rings (SSSR count). The summed E-state index contributed by atoms with van der Waals surface area (Å²) < 4.78 is 5.66. The Kier molecular flexibility index (Phi) is 6.61. The molecule has 0 aliphatic carbocycles. The Bertz CT molecular complexity index is 587. The molecule has 0 aromatic rings. The minimum Gasteiger partial charge on any atom is -0.480 e. The highest BCUT2D eigenvalue weighted by atomic mass is 16.6. The minimum atomic E-state index is -0.811. The Morgan fingerprint density at radius 3 is 2.39 bits per heavy atom. The van der Waals surface area contributed by atoms with Gasteiger partial charge >= 0.3 is 12.1 Å². The highest BCUT2D eigenvalue weighted by Gasteiger charge is 2.43. The van der Waals surface area contributed by atoms with Crippen LogP contribution in [-0.4, -0.2) is 108 Å². The summed E-state index contributed by atoms with van der Waals surface area (Å²) in [6.07, 6.45) is 3.39. The standard InChI is InChI=1S/C18H32N6O4/c1-21-14(3-2-13-4-6-24(7-5-13)17(19)20)16(28-18(21)27)23-10-8-22(9-11-23)12-15(25)26/h13-14,16H,2-12H2,1H3,(H3,19,20)(H,25,26). The monoisotopic (exact) mass is 396 g/mol. The second-order valence-corrected chi connectivity index (χ2v) is 8.05. The first-order valence-electron chi connectivity index (χ1n) is 10.1. The van der Waals surface area contributed by atoms with E-state index in [1.165, 1.54) is 0 Å². The summed E-state index contributed by atoms with van der Waals surface area (Å²) in [5.74, 6) is -0.0861. The SMILES string of the molecule is CN1C(=O)OC(N2CCN(CC(=O)O)CC2)C1CCC1CCN(C(=N)N)CC1. The van der Waals surface area contributed by atoms with Crippen molar-refractivity contribution in [3.05, 3.63) is 0 Å². The lowest BCUT2D eigenvalue weighted by atomic mass is 9.90. The van der Waals surface area contributed by atoms with Gasteiger partial charge in [-0.2, -0.15) is 0 Å². The Hall–Kier alpha value is -2.07. The third-order valence-corrected chi connectivity index (χ3v) is 6.29. The Balaban J connectivity index is 1.50. The number of hydrogen-bond acceptors (Lipinski definition) is 6. The zero-order chi connectivity index (χ0) is 20.3. The van der Waals surface area contributed by atoms with Crippen molar-refractivity contribution >= 4 is 18.0 Å². The lowest BCUT2D eigenvalue weighted by Crippen LogP contribution is -2.54. The van der Waals surface area contributed by atoms with Crippen LogP contribution in [0.25, 0.3) is 0 Å². The average molecular weight is 396 g/mol. The van der Waals surface area contributed by atoms with Crippen molar-refractivity contribution in [2.45, 2.75) is 38.0 Å². The van der Waals surface area contributed by atoms with Gasteiger partial charge in [-0.3, -0.25) is 20.0 Å². The van der Waals surface area contributed by atoms with Crippen LogP contribution in [0, 0.1) is 11.3 Å². The molecule has 3 fully saturated rings. The van der Waals surface area contributed by atoms with Gasteiger partial charge in [-0.05, 0) is 31.6 Å². The van der Waals surface area contributed by atoms with Gasteiger partial charge in [0, 0.05) is 46.3 Å². The van der Waals surface area contributed by atoms with Gasteiger partial charge in [0.2, 0.25) is 0 Å². The number of aliphatic carboxylic acids is 1. The molecule has 0 bridgehead atoms. The summed E-state index contributed by atoms with van der Waals surface area (Å²) >= 11 is 0.